The maximum Gasteiger partial charge on any atom is 0.270 e. The van der Waals surface area contributed by atoms with Crippen LogP contribution in [-0.2, 0) is 0 Å². The molecule has 0 fully saturated rings. The molecule has 0 spiro atoms. The first-order valence-electron chi connectivity index (χ1n) is 5.14. The number of aliphatic hydroxyl groups excluding tert-OH is 1. The van der Waals surface area contributed by atoms with Crippen molar-refractivity contribution >= 4 is 22.4 Å². The normalized spacial score (nSPS) is 12.6. The van der Waals surface area contributed by atoms with E-state index in [2.05, 4.69) is 15.6 Å². The molecule has 1 amide bonds. The molecule has 0 radical (unpaired) electrons. The zero-order valence-corrected chi connectivity index (χ0v) is 10.5. The van der Waals surface area contributed by atoms with E-state index in [0.29, 0.717) is 10.8 Å². The monoisotopic (exact) mass is 243 g/mol. The van der Waals surface area contributed by atoms with Gasteiger partial charge < -0.3 is 15.7 Å². The molecule has 0 aromatic carbocycles. The van der Waals surface area contributed by atoms with Crippen molar-refractivity contribution in [3.8, 4) is 0 Å². The van der Waals surface area contributed by atoms with Crippen LogP contribution in [0.3, 0.4) is 0 Å². The highest BCUT2D eigenvalue weighted by atomic mass is 32.1. The minimum atomic E-state index is -0.522. The predicted molar refractivity (Wildman–Crippen MR) is 64.8 cm³/mol. The van der Waals surface area contributed by atoms with Crippen LogP contribution >= 0.6 is 11.3 Å². The molecule has 1 atom stereocenters. The van der Waals surface area contributed by atoms with E-state index in [4.69, 9.17) is 0 Å². The third-order valence-electron chi connectivity index (χ3n) is 2.19. The molecule has 0 aliphatic carbocycles. The van der Waals surface area contributed by atoms with Crippen LogP contribution in [0.15, 0.2) is 5.38 Å². The van der Waals surface area contributed by atoms with Gasteiger partial charge in [0.15, 0.2) is 5.13 Å². The van der Waals surface area contributed by atoms with Crippen LogP contribution in [0, 0.1) is 5.92 Å². The third-order valence-corrected chi connectivity index (χ3v) is 3.05. The van der Waals surface area contributed by atoms with E-state index < -0.39 is 6.10 Å². The van der Waals surface area contributed by atoms with Crippen LogP contribution in [0.5, 0.6) is 0 Å². The molecule has 1 rings (SSSR count). The molecule has 90 valence electrons. The summed E-state index contributed by atoms with van der Waals surface area (Å²) in [4.78, 5) is 15.7. The zero-order chi connectivity index (χ0) is 12.1. The number of hydrogen-bond acceptors (Lipinski definition) is 5. The topological polar surface area (TPSA) is 74.2 Å². The minimum Gasteiger partial charge on any atom is -0.391 e. The summed E-state index contributed by atoms with van der Waals surface area (Å²) in [5, 5.41) is 17.4. The lowest BCUT2D eigenvalue weighted by atomic mass is 10.1. The number of anilines is 1. The molecule has 1 unspecified atom stereocenters. The fourth-order valence-electron chi connectivity index (χ4n) is 1.02. The number of nitrogens with one attached hydrogen (secondary N) is 2. The average Bonchev–Trinajstić information content (AvgIpc) is 2.73. The largest absolute Gasteiger partial charge is 0.391 e. The summed E-state index contributed by atoms with van der Waals surface area (Å²) in [6.45, 7) is 4.06. The Hall–Kier alpha value is -1.14. The highest BCUT2D eigenvalue weighted by molar-refractivity contribution is 7.13. The maximum absolute atomic E-state index is 11.6. The Morgan fingerprint density at radius 1 is 1.62 bits per heavy atom. The maximum atomic E-state index is 11.6. The van der Waals surface area contributed by atoms with Crippen LogP contribution in [0.4, 0.5) is 5.13 Å². The van der Waals surface area contributed by atoms with Gasteiger partial charge in [-0.2, -0.15) is 0 Å². The first kappa shape index (κ1) is 12.9. The molecule has 6 heteroatoms. The van der Waals surface area contributed by atoms with E-state index in [1.54, 1.807) is 12.4 Å². The summed E-state index contributed by atoms with van der Waals surface area (Å²) in [5.41, 5.74) is 0.380. The van der Waals surface area contributed by atoms with Crippen molar-refractivity contribution in [2.75, 3.05) is 18.9 Å². The van der Waals surface area contributed by atoms with Gasteiger partial charge in [-0.1, -0.05) is 13.8 Å². The molecule has 5 nitrogen and oxygen atoms in total. The van der Waals surface area contributed by atoms with Crippen molar-refractivity contribution in [2.24, 2.45) is 5.92 Å². The van der Waals surface area contributed by atoms with Crippen molar-refractivity contribution in [1.29, 1.82) is 0 Å². The number of carbonyl (C=O) groups excluding carboxylic acids is 1. The highest BCUT2D eigenvalue weighted by Crippen LogP contribution is 2.14. The number of aromatic nitrogens is 1. The van der Waals surface area contributed by atoms with Gasteiger partial charge in [0.25, 0.3) is 5.91 Å². The van der Waals surface area contributed by atoms with E-state index in [1.807, 2.05) is 13.8 Å². The van der Waals surface area contributed by atoms with Gasteiger partial charge in [-0.25, -0.2) is 4.98 Å². The highest BCUT2D eigenvalue weighted by Gasteiger charge is 2.13. The van der Waals surface area contributed by atoms with Crippen LogP contribution in [0.25, 0.3) is 0 Å². The van der Waals surface area contributed by atoms with Gasteiger partial charge in [0.2, 0.25) is 0 Å². The Morgan fingerprint density at radius 3 is 2.81 bits per heavy atom. The molecule has 0 aliphatic rings. The summed E-state index contributed by atoms with van der Waals surface area (Å²) in [6.07, 6.45) is -0.522. The summed E-state index contributed by atoms with van der Waals surface area (Å²) in [6, 6.07) is 0. The van der Waals surface area contributed by atoms with Crippen molar-refractivity contribution in [2.45, 2.75) is 20.0 Å². The van der Waals surface area contributed by atoms with Crippen LogP contribution in [-0.4, -0.2) is 35.7 Å². The first-order valence-corrected chi connectivity index (χ1v) is 6.02. The number of hydrogen-bond donors (Lipinski definition) is 3. The summed E-state index contributed by atoms with van der Waals surface area (Å²) < 4.78 is 0. The Labute approximate surface area is 98.9 Å². The number of rotatable bonds is 5. The Kier molecular flexibility index (Phi) is 4.70. The average molecular weight is 243 g/mol. The van der Waals surface area contributed by atoms with Crippen molar-refractivity contribution in [3.63, 3.8) is 0 Å². The third kappa shape index (κ3) is 3.46. The van der Waals surface area contributed by atoms with Crippen molar-refractivity contribution < 1.29 is 9.90 Å². The minimum absolute atomic E-state index is 0.128. The van der Waals surface area contributed by atoms with Gasteiger partial charge in [-0.15, -0.1) is 11.3 Å². The summed E-state index contributed by atoms with van der Waals surface area (Å²) in [7, 11) is 1.75. The second kappa shape index (κ2) is 5.81. The number of aliphatic hydroxyl groups is 1. The smallest absolute Gasteiger partial charge is 0.270 e. The molecular weight excluding hydrogens is 226 g/mol. The summed E-state index contributed by atoms with van der Waals surface area (Å²) >= 11 is 1.37. The Balaban J connectivity index is 2.46. The molecular formula is C10H17N3O2S. The lowest BCUT2D eigenvalue weighted by molar-refractivity contribution is 0.0868. The molecule has 3 N–H and O–H groups in total. The summed E-state index contributed by atoms with van der Waals surface area (Å²) in [5.74, 6) is -0.124. The van der Waals surface area contributed by atoms with E-state index in [0.717, 1.165) is 0 Å². The SMILES string of the molecule is CNc1nc(C(=O)NCC(O)C(C)C)cs1. The van der Waals surface area contributed by atoms with Gasteiger partial charge in [0.05, 0.1) is 6.10 Å². The lowest BCUT2D eigenvalue weighted by Gasteiger charge is -2.14. The Bertz CT molecular complexity index is 352. The number of nitrogens with zero attached hydrogens (tertiary/aromatic N) is 1. The lowest BCUT2D eigenvalue weighted by Crippen LogP contribution is -2.34. The molecule has 1 aromatic heterocycles. The van der Waals surface area contributed by atoms with Crippen molar-refractivity contribution in [1.82, 2.24) is 10.3 Å². The van der Waals surface area contributed by atoms with Crippen LogP contribution in [0.2, 0.25) is 0 Å². The molecule has 0 saturated heterocycles. The fraction of sp³-hybridized carbons (Fsp3) is 0.600. The quantitative estimate of drug-likeness (QED) is 0.719. The van der Waals surface area contributed by atoms with Crippen LogP contribution in [0.1, 0.15) is 24.3 Å². The van der Waals surface area contributed by atoms with Gasteiger partial charge in [-0.05, 0) is 5.92 Å². The standard InChI is InChI=1S/C10H17N3O2S/c1-6(2)8(14)4-12-9(15)7-5-16-10(11-3)13-7/h5-6,8,14H,4H2,1-3H3,(H,11,13)(H,12,15). The predicted octanol–water partition coefficient (Wildman–Crippen LogP) is 0.931. The second-order valence-corrected chi connectivity index (χ2v) is 4.67. The number of amides is 1. The zero-order valence-electron chi connectivity index (χ0n) is 9.65. The molecule has 16 heavy (non-hydrogen) atoms. The van der Waals surface area contributed by atoms with Crippen molar-refractivity contribution in [3.05, 3.63) is 11.1 Å². The van der Waals surface area contributed by atoms with Gasteiger partial charge in [-0.3, -0.25) is 4.79 Å². The number of thiazole rings is 1. The molecule has 0 bridgehead atoms. The van der Waals surface area contributed by atoms with E-state index in [9.17, 15) is 9.90 Å². The second-order valence-electron chi connectivity index (χ2n) is 3.81. The van der Waals surface area contributed by atoms with Gasteiger partial charge >= 0.3 is 0 Å². The van der Waals surface area contributed by atoms with E-state index >= 15 is 0 Å². The molecule has 0 aliphatic heterocycles. The Morgan fingerprint density at radius 2 is 2.31 bits per heavy atom. The van der Waals surface area contributed by atoms with Gasteiger partial charge in [0.1, 0.15) is 5.69 Å². The molecule has 1 heterocycles. The molecule has 1 aromatic rings. The number of carbonyl (C=O) groups is 1. The van der Waals surface area contributed by atoms with Crippen LogP contribution < -0.4 is 10.6 Å². The van der Waals surface area contributed by atoms with E-state index in [-0.39, 0.29) is 18.4 Å². The van der Waals surface area contributed by atoms with Gasteiger partial charge in [0, 0.05) is 19.0 Å². The first-order chi connectivity index (χ1) is 7.54. The van der Waals surface area contributed by atoms with E-state index in [1.165, 1.54) is 11.3 Å². The molecule has 0 saturated carbocycles. The fourth-order valence-corrected chi connectivity index (χ4v) is 1.67.